The van der Waals surface area contributed by atoms with Gasteiger partial charge in [0.15, 0.2) is 0 Å². The summed E-state index contributed by atoms with van der Waals surface area (Å²) in [4.78, 5) is 18.9. The number of hydrogen-bond acceptors (Lipinski definition) is 4. The topological polar surface area (TPSA) is 54.5 Å². The molecule has 158 valence electrons. The molecule has 0 saturated carbocycles. The molecule has 5 heteroatoms. The second-order valence-corrected chi connectivity index (χ2v) is 7.55. The van der Waals surface area contributed by atoms with Crippen LogP contribution in [0.5, 0.6) is 5.75 Å². The van der Waals surface area contributed by atoms with Crippen molar-refractivity contribution in [1.29, 1.82) is 0 Å². The molecule has 4 rings (SSSR count). The summed E-state index contributed by atoms with van der Waals surface area (Å²) in [6, 6.07) is 21.7. The number of carbonyl (C=O) groups excluding carboxylic acids is 1. The maximum Gasteiger partial charge on any atom is 0.244 e. The van der Waals surface area contributed by atoms with E-state index in [1.807, 2.05) is 54.6 Å². The molecule has 1 aliphatic rings. The first-order valence-electron chi connectivity index (χ1n) is 10.7. The number of aromatic nitrogens is 1. The summed E-state index contributed by atoms with van der Waals surface area (Å²) >= 11 is 0. The highest BCUT2D eigenvalue weighted by atomic mass is 16.5. The summed E-state index contributed by atoms with van der Waals surface area (Å²) in [5.41, 5.74) is 4.21. The third kappa shape index (κ3) is 5.95. The molecule has 31 heavy (non-hydrogen) atoms. The van der Waals surface area contributed by atoms with Crippen LogP contribution in [0.4, 0.5) is 5.69 Å². The van der Waals surface area contributed by atoms with E-state index in [1.54, 1.807) is 12.3 Å². The smallest absolute Gasteiger partial charge is 0.244 e. The SMILES string of the molecule is O=C(C=Cc1ccc(OCc2ccccn2)cc1)NCc1ccccc1N1CCCC1. The molecule has 0 radical (unpaired) electrons. The van der Waals surface area contributed by atoms with Gasteiger partial charge in [-0.05, 0) is 60.4 Å². The minimum atomic E-state index is -0.105. The summed E-state index contributed by atoms with van der Waals surface area (Å²) in [7, 11) is 0. The number of nitrogens with zero attached hydrogens (tertiary/aromatic N) is 2. The molecule has 1 aromatic heterocycles. The van der Waals surface area contributed by atoms with Crippen LogP contribution in [0.3, 0.4) is 0 Å². The van der Waals surface area contributed by atoms with Crippen molar-refractivity contribution >= 4 is 17.7 Å². The van der Waals surface area contributed by atoms with Gasteiger partial charge in [-0.2, -0.15) is 0 Å². The molecule has 5 nitrogen and oxygen atoms in total. The maximum atomic E-state index is 12.3. The highest BCUT2D eigenvalue weighted by molar-refractivity contribution is 5.91. The number of rotatable bonds is 8. The Labute approximate surface area is 183 Å². The molecule has 0 bridgehead atoms. The number of anilines is 1. The highest BCUT2D eigenvalue weighted by Crippen LogP contribution is 2.24. The number of nitrogens with one attached hydrogen (secondary N) is 1. The molecule has 1 amide bonds. The van der Waals surface area contributed by atoms with Crippen LogP contribution in [0.25, 0.3) is 6.08 Å². The monoisotopic (exact) mass is 413 g/mol. The number of carbonyl (C=O) groups is 1. The van der Waals surface area contributed by atoms with Gasteiger partial charge in [0.05, 0.1) is 5.69 Å². The van der Waals surface area contributed by atoms with Gasteiger partial charge in [-0.3, -0.25) is 9.78 Å². The lowest BCUT2D eigenvalue weighted by Gasteiger charge is -2.21. The van der Waals surface area contributed by atoms with Crippen LogP contribution in [0.1, 0.15) is 29.7 Å². The van der Waals surface area contributed by atoms with Crippen LogP contribution >= 0.6 is 0 Å². The number of amides is 1. The summed E-state index contributed by atoms with van der Waals surface area (Å²) < 4.78 is 5.74. The van der Waals surface area contributed by atoms with E-state index in [4.69, 9.17) is 4.74 Å². The Kier molecular flexibility index (Phi) is 6.96. The van der Waals surface area contributed by atoms with Gasteiger partial charge in [0.25, 0.3) is 0 Å². The fraction of sp³-hybridized carbons (Fsp3) is 0.231. The lowest BCUT2D eigenvalue weighted by Crippen LogP contribution is -2.24. The van der Waals surface area contributed by atoms with Gasteiger partial charge >= 0.3 is 0 Å². The van der Waals surface area contributed by atoms with E-state index < -0.39 is 0 Å². The predicted molar refractivity (Wildman–Crippen MR) is 124 cm³/mol. The normalized spacial score (nSPS) is 13.5. The Morgan fingerprint density at radius 3 is 2.55 bits per heavy atom. The number of ether oxygens (including phenoxy) is 1. The Balaban J connectivity index is 1.27. The van der Waals surface area contributed by atoms with Gasteiger partial charge in [-0.25, -0.2) is 0 Å². The van der Waals surface area contributed by atoms with Gasteiger partial charge in [0.2, 0.25) is 5.91 Å². The molecule has 1 fully saturated rings. The van der Waals surface area contributed by atoms with E-state index in [0.717, 1.165) is 35.7 Å². The van der Waals surface area contributed by atoms with Crippen molar-refractivity contribution in [2.45, 2.75) is 26.0 Å². The van der Waals surface area contributed by atoms with Crippen molar-refractivity contribution in [3.63, 3.8) is 0 Å². The summed E-state index contributed by atoms with van der Waals surface area (Å²) in [5.74, 6) is 0.664. The first-order valence-corrected chi connectivity index (χ1v) is 10.7. The number of para-hydroxylation sites is 1. The average molecular weight is 414 g/mol. The van der Waals surface area contributed by atoms with Crippen molar-refractivity contribution in [3.8, 4) is 5.75 Å². The largest absolute Gasteiger partial charge is 0.487 e. The standard InChI is InChI=1S/C26H27N3O2/c30-26(28-19-22-7-1-2-9-25(22)29-17-5-6-18-29)15-12-21-10-13-24(14-11-21)31-20-23-8-3-4-16-27-23/h1-4,7-16H,5-6,17-20H2,(H,28,30). The van der Waals surface area contributed by atoms with Gasteiger partial charge in [-0.15, -0.1) is 0 Å². The summed E-state index contributed by atoms with van der Waals surface area (Å²) in [5, 5.41) is 3.00. The third-order valence-electron chi connectivity index (χ3n) is 5.31. The zero-order valence-electron chi connectivity index (χ0n) is 17.5. The summed E-state index contributed by atoms with van der Waals surface area (Å²) in [6.45, 7) is 3.13. The Morgan fingerprint density at radius 1 is 1.00 bits per heavy atom. The third-order valence-corrected chi connectivity index (χ3v) is 5.31. The van der Waals surface area contributed by atoms with Crippen molar-refractivity contribution in [3.05, 3.63) is 95.8 Å². The first kappa shape index (κ1) is 20.7. The minimum Gasteiger partial charge on any atom is -0.487 e. The molecule has 0 spiro atoms. The van der Waals surface area contributed by atoms with E-state index in [9.17, 15) is 4.79 Å². The number of hydrogen-bond donors (Lipinski definition) is 1. The molecule has 1 aliphatic heterocycles. The molecular formula is C26H27N3O2. The van der Waals surface area contributed by atoms with Crippen molar-refractivity contribution in [2.24, 2.45) is 0 Å². The quantitative estimate of drug-likeness (QED) is 0.549. The van der Waals surface area contributed by atoms with Crippen molar-refractivity contribution in [1.82, 2.24) is 10.3 Å². The zero-order valence-corrected chi connectivity index (χ0v) is 17.5. The van der Waals surface area contributed by atoms with Crippen LogP contribution in [0.15, 0.2) is 79.0 Å². The van der Waals surface area contributed by atoms with Crippen LogP contribution in [0.2, 0.25) is 0 Å². The van der Waals surface area contributed by atoms with Crippen molar-refractivity contribution < 1.29 is 9.53 Å². The van der Waals surface area contributed by atoms with Crippen molar-refractivity contribution in [2.75, 3.05) is 18.0 Å². The Hall–Kier alpha value is -3.60. The second-order valence-electron chi connectivity index (χ2n) is 7.55. The molecule has 2 aromatic carbocycles. The number of benzene rings is 2. The zero-order chi connectivity index (χ0) is 21.3. The lowest BCUT2D eigenvalue weighted by molar-refractivity contribution is -0.116. The average Bonchev–Trinajstić information content (AvgIpc) is 3.36. The molecule has 2 heterocycles. The molecule has 1 N–H and O–H groups in total. The number of pyridine rings is 1. The van der Waals surface area contributed by atoms with E-state index in [1.165, 1.54) is 18.5 Å². The van der Waals surface area contributed by atoms with E-state index in [0.29, 0.717) is 13.2 Å². The van der Waals surface area contributed by atoms with Crippen LogP contribution in [-0.2, 0) is 17.9 Å². The van der Waals surface area contributed by atoms with Gasteiger partial charge in [0, 0.05) is 37.6 Å². The highest BCUT2D eigenvalue weighted by Gasteiger charge is 2.15. The molecule has 1 saturated heterocycles. The van der Waals surface area contributed by atoms with E-state index in [-0.39, 0.29) is 5.91 Å². The Morgan fingerprint density at radius 2 is 1.77 bits per heavy atom. The van der Waals surface area contributed by atoms with Gasteiger partial charge in [-0.1, -0.05) is 36.4 Å². The van der Waals surface area contributed by atoms with E-state index in [2.05, 4.69) is 33.4 Å². The van der Waals surface area contributed by atoms with Gasteiger partial charge in [0.1, 0.15) is 12.4 Å². The van der Waals surface area contributed by atoms with Crippen LogP contribution in [-0.4, -0.2) is 24.0 Å². The second kappa shape index (κ2) is 10.4. The molecule has 0 atom stereocenters. The maximum absolute atomic E-state index is 12.3. The fourth-order valence-electron chi connectivity index (χ4n) is 3.66. The predicted octanol–water partition coefficient (Wildman–Crippen LogP) is 4.59. The first-order chi connectivity index (χ1) is 15.3. The Bertz CT molecular complexity index is 1010. The fourth-order valence-corrected chi connectivity index (χ4v) is 3.66. The molecule has 0 aliphatic carbocycles. The molecule has 0 unspecified atom stereocenters. The van der Waals surface area contributed by atoms with Crippen LogP contribution in [0, 0.1) is 0 Å². The van der Waals surface area contributed by atoms with Crippen LogP contribution < -0.4 is 15.0 Å². The van der Waals surface area contributed by atoms with E-state index >= 15 is 0 Å². The lowest BCUT2D eigenvalue weighted by atomic mass is 10.1. The minimum absolute atomic E-state index is 0.105. The molecule has 3 aromatic rings. The summed E-state index contributed by atoms with van der Waals surface area (Å²) in [6.07, 6.45) is 7.60. The van der Waals surface area contributed by atoms with Gasteiger partial charge < -0.3 is 15.0 Å². The molecular weight excluding hydrogens is 386 g/mol.